The lowest BCUT2D eigenvalue weighted by atomic mass is 9.93. The molecule has 1 heterocycles. The Morgan fingerprint density at radius 1 is 1.37 bits per heavy atom. The molecule has 0 saturated carbocycles. The molecule has 19 heavy (non-hydrogen) atoms. The Bertz CT molecular complexity index is 447. The monoisotopic (exact) mass is 269 g/mol. The van der Waals surface area contributed by atoms with Crippen molar-refractivity contribution in [3.8, 4) is 0 Å². The van der Waals surface area contributed by atoms with Crippen LogP contribution in [0, 0.1) is 12.8 Å². The van der Waals surface area contributed by atoms with Crippen molar-refractivity contribution < 1.29 is 18.7 Å². The molecule has 0 aromatic heterocycles. The van der Waals surface area contributed by atoms with E-state index in [0.717, 1.165) is 11.1 Å². The molecule has 1 aliphatic heterocycles. The first-order valence-electron chi connectivity index (χ1n) is 6.24. The standard InChI is InChI=1S/C14H17F2NO2/c1-9-2-4-10(5-3-9)6-17-7-11(14(15)16)13(19)12(18)8-17/h2-5,11,13-14,19H,6-8H2,1H3/t11-,13+/m0/s1. The minimum absolute atomic E-state index is 0.0261. The number of aliphatic hydroxyl groups excluding tert-OH is 1. The Hall–Kier alpha value is -1.33. The Labute approximate surface area is 110 Å². The van der Waals surface area contributed by atoms with E-state index in [0.29, 0.717) is 6.54 Å². The van der Waals surface area contributed by atoms with E-state index in [1.807, 2.05) is 31.2 Å². The first-order valence-corrected chi connectivity index (χ1v) is 6.24. The predicted molar refractivity (Wildman–Crippen MR) is 67.0 cm³/mol. The molecule has 1 fully saturated rings. The van der Waals surface area contributed by atoms with E-state index in [2.05, 4.69) is 0 Å². The van der Waals surface area contributed by atoms with Gasteiger partial charge in [0.2, 0.25) is 6.43 Å². The van der Waals surface area contributed by atoms with Crippen molar-refractivity contribution in [2.24, 2.45) is 5.92 Å². The lowest BCUT2D eigenvalue weighted by Crippen LogP contribution is -2.51. The number of halogens is 2. The number of ketones is 1. The van der Waals surface area contributed by atoms with Gasteiger partial charge in [-0.3, -0.25) is 9.69 Å². The van der Waals surface area contributed by atoms with Gasteiger partial charge in [0, 0.05) is 13.1 Å². The first-order chi connectivity index (χ1) is 8.97. The molecule has 0 unspecified atom stereocenters. The maximum Gasteiger partial charge on any atom is 0.245 e. The molecule has 104 valence electrons. The van der Waals surface area contributed by atoms with E-state index in [9.17, 15) is 18.7 Å². The van der Waals surface area contributed by atoms with Gasteiger partial charge in [0.15, 0.2) is 5.78 Å². The van der Waals surface area contributed by atoms with E-state index < -0.39 is 24.2 Å². The first kappa shape index (κ1) is 14.1. The zero-order valence-corrected chi connectivity index (χ0v) is 10.7. The molecule has 0 spiro atoms. The fourth-order valence-electron chi connectivity index (χ4n) is 2.30. The van der Waals surface area contributed by atoms with Gasteiger partial charge in [-0.15, -0.1) is 0 Å². The highest BCUT2D eigenvalue weighted by Crippen LogP contribution is 2.22. The van der Waals surface area contributed by atoms with E-state index in [-0.39, 0.29) is 13.1 Å². The number of benzene rings is 1. The van der Waals surface area contributed by atoms with Crippen molar-refractivity contribution in [2.45, 2.75) is 26.0 Å². The molecule has 1 aromatic rings. The largest absolute Gasteiger partial charge is 0.385 e. The number of likely N-dealkylation sites (tertiary alicyclic amines) is 1. The normalized spacial score (nSPS) is 25.0. The summed E-state index contributed by atoms with van der Waals surface area (Å²) in [6, 6.07) is 7.73. The second-order valence-electron chi connectivity index (χ2n) is 5.06. The molecule has 0 aliphatic carbocycles. The molecule has 1 aromatic carbocycles. The third kappa shape index (κ3) is 3.36. The summed E-state index contributed by atoms with van der Waals surface area (Å²) in [4.78, 5) is 13.2. The average Bonchev–Trinajstić information content (AvgIpc) is 2.36. The van der Waals surface area contributed by atoms with Crippen LogP contribution in [-0.4, -0.2) is 41.4 Å². The van der Waals surface area contributed by atoms with Crippen molar-refractivity contribution in [2.75, 3.05) is 13.1 Å². The molecule has 0 bridgehead atoms. The molecule has 1 aliphatic rings. The fraction of sp³-hybridized carbons (Fsp3) is 0.500. The average molecular weight is 269 g/mol. The second kappa shape index (κ2) is 5.75. The van der Waals surface area contributed by atoms with Gasteiger partial charge >= 0.3 is 0 Å². The van der Waals surface area contributed by atoms with Crippen LogP contribution in [-0.2, 0) is 11.3 Å². The van der Waals surface area contributed by atoms with Gasteiger partial charge in [-0.2, -0.15) is 0 Å². The predicted octanol–water partition coefficient (Wildman–Crippen LogP) is 1.62. The summed E-state index contributed by atoms with van der Waals surface area (Å²) in [6.45, 7) is 2.48. The molecule has 2 atom stereocenters. The smallest absolute Gasteiger partial charge is 0.245 e. The van der Waals surface area contributed by atoms with Gasteiger partial charge in [0.1, 0.15) is 6.10 Å². The number of aryl methyl sites for hydroxylation is 1. The highest BCUT2D eigenvalue weighted by atomic mass is 19.3. The number of alkyl halides is 2. The maximum absolute atomic E-state index is 12.8. The zero-order valence-electron chi connectivity index (χ0n) is 10.7. The number of piperidine rings is 1. The lowest BCUT2D eigenvalue weighted by Gasteiger charge is -2.34. The van der Waals surface area contributed by atoms with E-state index in [1.54, 1.807) is 4.90 Å². The summed E-state index contributed by atoms with van der Waals surface area (Å²) < 4.78 is 25.5. The minimum Gasteiger partial charge on any atom is -0.385 e. The number of hydrogen-bond acceptors (Lipinski definition) is 3. The van der Waals surface area contributed by atoms with Crippen molar-refractivity contribution in [1.82, 2.24) is 4.90 Å². The van der Waals surface area contributed by atoms with Crippen LogP contribution in [0.1, 0.15) is 11.1 Å². The van der Waals surface area contributed by atoms with E-state index >= 15 is 0 Å². The fourth-order valence-corrected chi connectivity index (χ4v) is 2.30. The van der Waals surface area contributed by atoms with Gasteiger partial charge in [-0.1, -0.05) is 29.8 Å². The topological polar surface area (TPSA) is 40.5 Å². The Balaban J connectivity index is 2.05. The van der Waals surface area contributed by atoms with Crippen LogP contribution in [0.25, 0.3) is 0 Å². The molecule has 5 heteroatoms. The number of Topliss-reactive ketones (excluding diaryl/α,β-unsaturated/α-hetero) is 1. The highest BCUT2D eigenvalue weighted by Gasteiger charge is 2.39. The summed E-state index contributed by atoms with van der Waals surface area (Å²) in [5.74, 6) is -1.81. The van der Waals surface area contributed by atoms with Crippen LogP contribution in [0.5, 0.6) is 0 Å². The number of rotatable bonds is 3. The second-order valence-corrected chi connectivity index (χ2v) is 5.06. The highest BCUT2D eigenvalue weighted by molar-refractivity contribution is 5.85. The maximum atomic E-state index is 12.8. The van der Waals surface area contributed by atoms with Gasteiger partial charge in [-0.05, 0) is 12.5 Å². The number of carbonyl (C=O) groups is 1. The Morgan fingerprint density at radius 2 is 2.00 bits per heavy atom. The lowest BCUT2D eigenvalue weighted by molar-refractivity contribution is -0.142. The van der Waals surface area contributed by atoms with Crippen molar-refractivity contribution in [3.05, 3.63) is 35.4 Å². The van der Waals surface area contributed by atoms with E-state index in [4.69, 9.17) is 0 Å². The van der Waals surface area contributed by atoms with Crippen LogP contribution in [0.2, 0.25) is 0 Å². The van der Waals surface area contributed by atoms with Crippen LogP contribution in [0.15, 0.2) is 24.3 Å². The third-order valence-electron chi connectivity index (χ3n) is 3.43. The van der Waals surface area contributed by atoms with Crippen LogP contribution < -0.4 is 0 Å². The Morgan fingerprint density at radius 3 is 2.58 bits per heavy atom. The SMILES string of the molecule is Cc1ccc(CN2CC(=O)[C@H](O)[C@@H](C(F)F)C2)cc1. The summed E-state index contributed by atoms with van der Waals surface area (Å²) >= 11 is 0. The molecular formula is C14H17F2NO2. The van der Waals surface area contributed by atoms with Gasteiger partial charge in [0.05, 0.1) is 12.5 Å². The molecular weight excluding hydrogens is 252 g/mol. The summed E-state index contributed by atoms with van der Waals surface area (Å²) in [6.07, 6.45) is -4.21. The molecule has 1 N–H and O–H groups in total. The Kier molecular flexibility index (Phi) is 4.27. The number of aliphatic hydroxyl groups is 1. The van der Waals surface area contributed by atoms with Crippen molar-refractivity contribution in [1.29, 1.82) is 0 Å². The van der Waals surface area contributed by atoms with Crippen LogP contribution in [0.4, 0.5) is 8.78 Å². The van der Waals surface area contributed by atoms with Gasteiger partial charge in [-0.25, -0.2) is 8.78 Å². The number of carbonyl (C=O) groups excluding carboxylic acids is 1. The zero-order chi connectivity index (χ0) is 14.0. The van der Waals surface area contributed by atoms with Gasteiger partial charge < -0.3 is 5.11 Å². The number of hydrogen-bond donors (Lipinski definition) is 1. The van der Waals surface area contributed by atoms with Crippen LogP contribution >= 0.6 is 0 Å². The van der Waals surface area contributed by atoms with E-state index in [1.165, 1.54) is 0 Å². The molecule has 0 amide bonds. The van der Waals surface area contributed by atoms with Crippen molar-refractivity contribution >= 4 is 5.78 Å². The number of nitrogens with zero attached hydrogens (tertiary/aromatic N) is 1. The minimum atomic E-state index is -2.68. The summed E-state index contributed by atoms with van der Waals surface area (Å²) in [7, 11) is 0. The van der Waals surface area contributed by atoms with Crippen LogP contribution in [0.3, 0.4) is 0 Å². The molecule has 2 rings (SSSR count). The molecule has 3 nitrogen and oxygen atoms in total. The molecule has 0 radical (unpaired) electrons. The summed E-state index contributed by atoms with van der Waals surface area (Å²) in [5, 5.41) is 9.47. The quantitative estimate of drug-likeness (QED) is 0.906. The summed E-state index contributed by atoms with van der Waals surface area (Å²) in [5.41, 5.74) is 2.10. The van der Waals surface area contributed by atoms with Gasteiger partial charge in [0.25, 0.3) is 0 Å². The third-order valence-corrected chi connectivity index (χ3v) is 3.43. The van der Waals surface area contributed by atoms with Crippen molar-refractivity contribution in [3.63, 3.8) is 0 Å². The molecule has 1 saturated heterocycles.